The van der Waals surface area contributed by atoms with Crippen LogP contribution in [0.15, 0.2) is 48.5 Å². The average molecular weight is 326 g/mol. The van der Waals surface area contributed by atoms with Crippen LogP contribution in [0.5, 0.6) is 5.75 Å². The molecule has 0 aliphatic heterocycles. The molecular weight excluding hydrogens is 304 g/mol. The van der Waals surface area contributed by atoms with Gasteiger partial charge in [-0.1, -0.05) is 30.3 Å². The minimum Gasteiger partial charge on any atom is -0.494 e. The summed E-state index contributed by atoms with van der Waals surface area (Å²) in [5, 5.41) is 11.0. The van der Waals surface area contributed by atoms with Gasteiger partial charge in [0.05, 0.1) is 17.1 Å². The predicted molar refractivity (Wildman–Crippen MR) is 97.1 cm³/mol. The first-order valence-electron chi connectivity index (χ1n) is 7.85. The van der Waals surface area contributed by atoms with Gasteiger partial charge in [-0.2, -0.15) is 0 Å². The Morgan fingerprint density at radius 2 is 1.79 bits per heavy atom. The minimum atomic E-state index is -0.371. The van der Waals surface area contributed by atoms with Crippen LogP contribution in [0.25, 0.3) is 12.2 Å². The maximum atomic E-state index is 11.0. The zero-order valence-electron chi connectivity index (χ0n) is 14.0. The molecule has 0 saturated heterocycles. The quantitative estimate of drug-likeness (QED) is 0.317. The molecular formula is C19H22N2O3. The second-order valence-corrected chi connectivity index (χ2v) is 5.72. The molecule has 5 heteroatoms. The van der Waals surface area contributed by atoms with E-state index in [2.05, 4.69) is 4.90 Å². The number of para-hydroxylation sites is 1. The summed E-state index contributed by atoms with van der Waals surface area (Å²) >= 11 is 0. The lowest BCUT2D eigenvalue weighted by Gasteiger charge is -2.10. The second-order valence-electron chi connectivity index (χ2n) is 5.72. The van der Waals surface area contributed by atoms with E-state index in [9.17, 15) is 10.1 Å². The molecule has 0 N–H and O–H groups in total. The van der Waals surface area contributed by atoms with E-state index < -0.39 is 0 Å². The van der Waals surface area contributed by atoms with Crippen LogP contribution in [0.1, 0.15) is 17.5 Å². The maximum absolute atomic E-state index is 11.0. The van der Waals surface area contributed by atoms with Crippen LogP contribution in [0, 0.1) is 10.1 Å². The molecule has 0 bridgehead atoms. The highest BCUT2D eigenvalue weighted by Gasteiger charge is 2.08. The summed E-state index contributed by atoms with van der Waals surface area (Å²) in [7, 11) is 4.08. The molecule has 0 fully saturated rings. The number of nitro benzene ring substituents is 1. The fraction of sp³-hybridized carbons (Fsp3) is 0.263. The maximum Gasteiger partial charge on any atom is 0.276 e. The van der Waals surface area contributed by atoms with Gasteiger partial charge in [-0.3, -0.25) is 10.1 Å². The molecule has 0 radical (unpaired) electrons. The lowest BCUT2D eigenvalue weighted by atomic mass is 10.1. The molecule has 0 aromatic heterocycles. The van der Waals surface area contributed by atoms with Crippen molar-refractivity contribution < 1.29 is 9.66 Å². The minimum absolute atomic E-state index is 0.106. The van der Waals surface area contributed by atoms with Gasteiger partial charge in [0.2, 0.25) is 0 Å². The van der Waals surface area contributed by atoms with Gasteiger partial charge in [-0.15, -0.1) is 0 Å². The van der Waals surface area contributed by atoms with Crippen LogP contribution in [0.4, 0.5) is 5.69 Å². The fourth-order valence-electron chi connectivity index (χ4n) is 2.23. The molecule has 126 valence electrons. The van der Waals surface area contributed by atoms with Gasteiger partial charge in [0.1, 0.15) is 5.75 Å². The van der Waals surface area contributed by atoms with Crippen molar-refractivity contribution in [1.82, 2.24) is 4.90 Å². The molecule has 0 heterocycles. The fourth-order valence-corrected chi connectivity index (χ4v) is 2.23. The van der Waals surface area contributed by atoms with Crippen LogP contribution in [0.3, 0.4) is 0 Å². The van der Waals surface area contributed by atoms with Gasteiger partial charge >= 0.3 is 0 Å². The number of hydrogen-bond acceptors (Lipinski definition) is 4. The van der Waals surface area contributed by atoms with E-state index in [1.807, 2.05) is 44.4 Å². The summed E-state index contributed by atoms with van der Waals surface area (Å²) in [6, 6.07) is 14.4. The normalized spacial score (nSPS) is 11.1. The van der Waals surface area contributed by atoms with Crippen LogP contribution < -0.4 is 4.74 Å². The van der Waals surface area contributed by atoms with E-state index in [1.165, 1.54) is 6.07 Å². The zero-order chi connectivity index (χ0) is 17.4. The molecule has 24 heavy (non-hydrogen) atoms. The summed E-state index contributed by atoms with van der Waals surface area (Å²) in [5.41, 5.74) is 1.66. The summed E-state index contributed by atoms with van der Waals surface area (Å²) in [6.07, 6.45) is 4.59. The Balaban J connectivity index is 1.95. The summed E-state index contributed by atoms with van der Waals surface area (Å²) in [6.45, 7) is 1.68. The van der Waals surface area contributed by atoms with Crippen LogP contribution >= 0.6 is 0 Å². The van der Waals surface area contributed by atoms with Crippen molar-refractivity contribution >= 4 is 17.8 Å². The monoisotopic (exact) mass is 326 g/mol. The molecule has 0 aliphatic carbocycles. The largest absolute Gasteiger partial charge is 0.494 e. The molecule has 2 rings (SSSR count). The van der Waals surface area contributed by atoms with Crippen molar-refractivity contribution in [2.75, 3.05) is 27.2 Å². The molecule has 0 amide bonds. The van der Waals surface area contributed by atoms with E-state index in [4.69, 9.17) is 4.74 Å². The van der Waals surface area contributed by atoms with Crippen LogP contribution in [0.2, 0.25) is 0 Å². The topological polar surface area (TPSA) is 55.6 Å². The Morgan fingerprint density at radius 1 is 1.08 bits per heavy atom. The first-order chi connectivity index (χ1) is 11.6. The Hall–Kier alpha value is -2.66. The van der Waals surface area contributed by atoms with Crippen LogP contribution in [-0.2, 0) is 0 Å². The van der Waals surface area contributed by atoms with Crippen molar-refractivity contribution in [2.24, 2.45) is 0 Å². The number of rotatable bonds is 8. The predicted octanol–water partition coefficient (Wildman–Crippen LogP) is 4.10. The average Bonchev–Trinajstić information content (AvgIpc) is 2.58. The van der Waals surface area contributed by atoms with Gasteiger partial charge in [-0.25, -0.2) is 0 Å². The number of nitrogens with zero attached hydrogens (tertiary/aromatic N) is 2. The number of ether oxygens (including phenoxy) is 1. The van der Waals surface area contributed by atoms with Gasteiger partial charge in [-0.05, 0) is 50.4 Å². The second kappa shape index (κ2) is 8.84. The standard InChI is InChI=1S/C19H22N2O3/c1-20(2)14-5-15-24-18-12-9-16(10-13-18)8-11-17-6-3-4-7-19(17)21(22)23/h3-4,6-13H,5,14-15H2,1-2H3/b11-8+. The summed E-state index contributed by atoms with van der Waals surface area (Å²) < 4.78 is 5.68. The van der Waals surface area contributed by atoms with Gasteiger partial charge < -0.3 is 9.64 Å². The molecule has 5 nitrogen and oxygen atoms in total. The van der Waals surface area contributed by atoms with Gasteiger partial charge in [0, 0.05) is 12.6 Å². The first-order valence-corrected chi connectivity index (χ1v) is 7.85. The van der Waals surface area contributed by atoms with E-state index >= 15 is 0 Å². The number of benzene rings is 2. The Morgan fingerprint density at radius 3 is 2.46 bits per heavy atom. The molecule has 0 atom stereocenters. The number of hydrogen-bond donors (Lipinski definition) is 0. The highest BCUT2D eigenvalue weighted by molar-refractivity contribution is 5.74. The number of nitro groups is 1. The van der Waals surface area contributed by atoms with Crippen molar-refractivity contribution in [3.05, 3.63) is 69.8 Å². The third-order valence-electron chi connectivity index (χ3n) is 3.49. The van der Waals surface area contributed by atoms with Gasteiger partial charge in [0.25, 0.3) is 5.69 Å². The van der Waals surface area contributed by atoms with Gasteiger partial charge in [0.15, 0.2) is 0 Å². The molecule has 0 spiro atoms. The lowest BCUT2D eigenvalue weighted by molar-refractivity contribution is -0.385. The highest BCUT2D eigenvalue weighted by atomic mass is 16.6. The molecule has 2 aromatic rings. The Labute approximate surface area is 142 Å². The lowest BCUT2D eigenvalue weighted by Crippen LogP contribution is -2.15. The van der Waals surface area contributed by atoms with Crippen molar-refractivity contribution in [3.63, 3.8) is 0 Å². The molecule has 0 saturated carbocycles. The third kappa shape index (κ3) is 5.52. The van der Waals surface area contributed by atoms with Crippen LogP contribution in [-0.4, -0.2) is 37.1 Å². The summed E-state index contributed by atoms with van der Waals surface area (Å²) in [5.74, 6) is 0.830. The molecule has 2 aromatic carbocycles. The molecule has 0 aliphatic rings. The van der Waals surface area contributed by atoms with Crippen molar-refractivity contribution in [2.45, 2.75) is 6.42 Å². The van der Waals surface area contributed by atoms with E-state index in [-0.39, 0.29) is 10.6 Å². The van der Waals surface area contributed by atoms with E-state index in [0.717, 1.165) is 24.3 Å². The molecule has 0 unspecified atom stereocenters. The van der Waals surface area contributed by atoms with E-state index in [0.29, 0.717) is 12.2 Å². The zero-order valence-corrected chi connectivity index (χ0v) is 14.0. The van der Waals surface area contributed by atoms with Crippen molar-refractivity contribution in [3.8, 4) is 5.75 Å². The third-order valence-corrected chi connectivity index (χ3v) is 3.49. The SMILES string of the molecule is CN(C)CCCOc1ccc(/C=C/c2ccccc2[N+](=O)[O-])cc1. The smallest absolute Gasteiger partial charge is 0.276 e. The highest BCUT2D eigenvalue weighted by Crippen LogP contribution is 2.21. The summed E-state index contributed by atoms with van der Waals surface area (Å²) in [4.78, 5) is 12.8. The van der Waals surface area contributed by atoms with Crippen molar-refractivity contribution in [1.29, 1.82) is 0 Å². The Kier molecular flexibility index (Phi) is 6.51. The Bertz CT molecular complexity index is 694. The first kappa shape index (κ1) is 17.7. The van der Waals surface area contributed by atoms with E-state index in [1.54, 1.807) is 24.3 Å².